The summed E-state index contributed by atoms with van der Waals surface area (Å²) in [5, 5.41) is 20.6. The molecule has 0 saturated carbocycles. The maximum Gasteiger partial charge on any atom is 0.270 e. The van der Waals surface area contributed by atoms with Gasteiger partial charge in [0.05, 0.1) is 21.4 Å². The van der Waals surface area contributed by atoms with Crippen molar-refractivity contribution in [3.8, 4) is 6.07 Å². The number of hydrogen-bond acceptors (Lipinski definition) is 5. The molecule has 0 spiro atoms. The van der Waals surface area contributed by atoms with E-state index < -0.39 is 4.92 Å². The Hall–Kier alpha value is -3.79. The standard InChI is InChI=1S/C17H10N4O3/c18-10-12(8-11-4-3-5-13(9-11)21(23)24)16-19-15-7-2-1-6-14(15)17(22)20-16/h1-9H,(H,19,20,22)/b12-8+. The Labute approximate surface area is 135 Å². The third kappa shape index (κ3) is 2.89. The molecule has 0 atom stereocenters. The number of nitrogens with zero attached hydrogens (tertiary/aromatic N) is 3. The lowest BCUT2D eigenvalue weighted by atomic mass is 10.1. The van der Waals surface area contributed by atoms with Crippen LogP contribution in [0.5, 0.6) is 0 Å². The Morgan fingerprint density at radius 2 is 2.04 bits per heavy atom. The number of fused-ring (bicyclic) bond motifs is 1. The van der Waals surface area contributed by atoms with Crippen LogP contribution in [0.2, 0.25) is 0 Å². The maximum atomic E-state index is 12.1. The first-order valence-corrected chi connectivity index (χ1v) is 6.94. The van der Waals surface area contributed by atoms with Crippen molar-refractivity contribution < 1.29 is 4.92 Å². The van der Waals surface area contributed by atoms with E-state index in [-0.39, 0.29) is 22.6 Å². The molecule has 7 heteroatoms. The van der Waals surface area contributed by atoms with Gasteiger partial charge < -0.3 is 4.98 Å². The van der Waals surface area contributed by atoms with Crippen molar-refractivity contribution in [1.29, 1.82) is 5.26 Å². The van der Waals surface area contributed by atoms with E-state index in [4.69, 9.17) is 0 Å². The molecule has 0 unspecified atom stereocenters. The van der Waals surface area contributed by atoms with Gasteiger partial charge in [0.2, 0.25) is 0 Å². The number of nitrogens with one attached hydrogen (secondary N) is 1. The van der Waals surface area contributed by atoms with Gasteiger partial charge in [0.25, 0.3) is 11.2 Å². The summed E-state index contributed by atoms with van der Waals surface area (Å²) in [5.41, 5.74) is 0.614. The van der Waals surface area contributed by atoms with Gasteiger partial charge >= 0.3 is 0 Å². The largest absolute Gasteiger partial charge is 0.305 e. The molecule has 0 amide bonds. The number of non-ortho nitro benzene ring substituents is 1. The molecule has 0 aliphatic heterocycles. The van der Waals surface area contributed by atoms with Crippen LogP contribution >= 0.6 is 0 Å². The predicted molar refractivity (Wildman–Crippen MR) is 88.9 cm³/mol. The molecule has 1 aromatic heterocycles. The highest BCUT2D eigenvalue weighted by Crippen LogP contribution is 2.19. The molecule has 116 valence electrons. The molecule has 7 nitrogen and oxygen atoms in total. The van der Waals surface area contributed by atoms with Crippen molar-refractivity contribution in [2.24, 2.45) is 0 Å². The van der Waals surface area contributed by atoms with Gasteiger partial charge in [-0.15, -0.1) is 0 Å². The minimum absolute atomic E-state index is 0.0824. The molecule has 0 aliphatic carbocycles. The highest BCUT2D eigenvalue weighted by molar-refractivity contribution is 5.89. The molecule has 1 N–H and O–H groups in total. The number of rotatable bonds is 3. The van der Waals surface area contributed by atoms with Gasteiger partial charge in [-0.2, -0.15) is 5.26 Å². The highest BCUT2D eigenvalue weighted by atomic mass is 16.6. The third-order valence-electron chi connectivity index (χ3n) is 3.38. The third-order valence-corrected chi connectivity index (χ3v) is 3.38. The number of hydrogen-bond donors (Lipinski definition) is 1. The lowest BCUT2D eigenvalue weighted by Gasteiger charge is -2.02. The van der Waals surface area contributed by atoms with Crippen LogP contribution in [-0.2, 0) is 0 Å². The minimum atomic E-state index is -0.514. The van der Waals surface area contributed by atoms with E-state index in [0.29, 0.717) is 16.5 Å². The Kier molecular flexibility index (Phi) is 3.87. The van der Waals surface area contributed by atoms with E-state index in [1.54, 1.807) is 30.3 Å². The summed E-state index contributed by atoms with van der Waals surface area (Å²) < 4.78 is 0. The number of nitro groups is 1. The van der Waals surface area contributed by atoms with Gasteiger partial charge in [-0.1, -0.05) is 24.3 Å². The molecule has 0 saturated heterocycles. The first-order chi connectivity index (χ1) is 11.6. The summed E-state index contributed by atoms with van der Waals surface area (Å²) in [6.07, 6.45) is 1.44. The Balaban J connectivity index is 2.13. The molecule has 0 radical (unpaired) electrons. The Morgan fingerprint density at radius 3 is 2.79 bits per heavy atom. The number of nitriles is 1. The maximum absolute atomic E-state index is 12.1. The zero-order chi connectivity index (χ0) is 17.1. The van der Waals surface area contributed by atoms with E-state index >= 15 is 0 Å². The molecule has 3 aromatic rings. The number of allylic oxidation sites excluding steroid dienone is 1. The fraction of sp³-hybridized carbons (Fsp3) is 0. The van der Waals surface area contributed by atoms with E-state index in [9.17, 15) is 20.2 Å². The van der Waals surface area contributed by atoms with E-state index in [1.807, 2.05) is 6.07 Å². The van der Waals surface area contributed by atoms with Crippen molar-refractivity contribution in [2.45, 2.75) is 0 Å². The van der Waals surface area contributed by atoms with Crippen LogP contribution in [0.1, 0.15) is 11.4 Å². The summed E-state index contributed by atoms with van der Waals surface area (Å²) in [5.74, 6) is 0.118. The number of H-pyrrole nitrogens is 1. The molecule has 0 fully saturated rings. The summed E-state index contributed by atoms with van der Waals surface area (Å²) in [7, 11) is 0. The van der Waals surface area contributed by atoms with Gasteiger partial charge in [0.1, 0.15) is 6.07 Å². The molecule has 0 aliphatic rings. The fourth-order valence-electron chi connectivity index (χ4n) is 2.26. The van der Waals surface area contributed by atoms with Crippen molar-refractivity contribution >= 4 is 28.2 Å². The Bertz CT molecular complexity index is 1080. The average molecular weight is 318 g/mol. The van der Waals surface area contributed by atoms with Gasteiger partial charge in [0.15, 0.2) is 5.82 Å². The number of aromatic nitrogens is 2. The van der Waals surface area contributed by atoms with Crippen molar-refractivity contribution in [3.63, 3.8) is 0 Å². The average Bonchev–Trinajstić information content (AvgIpc) is 2.60. The first-order valence-electron chi connectivity index (χ1n) is 6.94. The first kappa shape index (κ1) is 15.1. The highest BCUT2D eigenvalue weighted by Gasteiger charge is 2.09. The molecule has 24 heavy (non-hydrogen) atoms. The minimum Gasteiger partial charge on any atom is -0.305 e. The predicted octanol–water partition coefficient (Wildman–Crippen LogP) is 2.90. The number of para-hydroxylation sites is 1. The van der Waals surface area contributed by atoms with E-state index in [0.717, 1.165) is 0 Å². The molecular weight excluding hydrogens is 308 g/mol. The van der Waals surface area contributed by atoms with Crippen molar-refractivity contribution in [1.82, 2.24) is 9.97 Å². The second-order valence-corrected chi connectivity index (χ2v) is 4.95. The van der Waals surface area contributed by atoms with Crippen LogP contribution in [0.25, 0.3) is 22.6 Å². The summed E-state index contributed by atoms with van der Waals surface area (Å²) in [4.78, 5) is 29.3. The topological polar surface area (TPSA) is 113 Å². The second-order valence-electron chi connectivity index (χ2n) is 4.95. The molecule has 0 bridgehead atoms. The monoisotopic (exact) mass is 318 g/mol. The fourth-order valence-corrected chi connectivity index (χ4v) is 2.26. The SMILES string of the molecule is N#C/C(=C\c1cccc([N+](=O)[O-])c1)c1nc2ccccc2c(=O)[nH]1. The summed E-state index contributed by atoms with van der Waals surface area (Å²) >= 11 is 0. The second kappa shape index (κ2) is 6.14. The van der Waals surface area contributed by atoms with Crippen LogP contribution in [0.15, 0.2) is 53.3 Å². The van der Waals surface area contributed by atoms with Crippen molar-refractivity contribution in [3.05, 3.63) is 80.4 Å². The number of nitro benzene ring substituents is 1. The van der Waals surface area contributed by atoms with Crippen molar-refractivity contribution in [2.75, 3.05) is 0 Å². The van der Waals surface area contributed by atoms with Crippen LogP contribution in [0.3, 0.4) is 0 Å². The lowest BCUT2D eigenvalue weighted by Crippen LogP contribution is -2.11. The van der Waals surface area contributed by atoms with Crippen LogP contribution in [0, 0.1) is 21.4 Å². The lowest BCUT2D eigenvalue weighted by molar-refractivity contribution is -0.384. The van der Waals surface area contributed by atoms with Gasteiger partial charge in [-0.25, -0.2) is 4.98 Å². The van der Waals surface area contributed by atoms with Crippen LogP contribution in [0.4, 0.5) is 5.69 Å². The quantitative estimate of drug-likeness (QED) is 0.453. The summed E-state index contributed by atoms with van der Waals surface area (Å²) in [6, 6.07) is 14.6. The zero-order valence-electron chi connectivity index (χ0n) is 12.3. The zero-order valence-corrected chi connectivity index (χ0v) is 12.3. The number of benzene rings is 2. The van der Waals surface area contributed by atoms with E-state index in [2.05, 4.69) is 9.97 Å². The smallest absolute Gasteiger partial charge is 0.270 e. The molecule has 1 heterocycles. The van der Waals surface area contributed by atoms with Gasteiger partial charge in [-0.3, -0.25) is 14.9 Å². The van der Waals surface area contributed by atoms with Gasteiger partial charge in [-0.05, 0) is 23.8 Å². The summed E-state index contributed by atoms with van der Waals surface area (Å²) in [6.45, 7) is 0. The molecule has 3 rings (SSSR count). The molecular formula is C17H10N4O3. The van der Waals surface area contributed by atoms with Gasteiger partial charge in [0, 0.05) is 12.1 Å². The normalized spacial score (nSPS) is 11.2. The van der Waals surface area contributed by atoms with Crippen LogP contribution < -0.4 is 5.56 Å². The van der Waals surface area contributed by atoms with Crippen LogP contribution in [-0.4, -0.2) is 14.9 Å². The molecule has 2 aromatic carbocycles. The van der Waals surface area contributed by atoms with E-state index in [1.165, 1.54) is 24.3 Å². The Morgan fingerprint density at radius 1 is 1.25 bits per heavy atom. The number of aromatic amines is 1.